The molecule has 1 unspecified atom stereocenters. The number of guanidine groups is 1. The highest BCUT2D eigenvalue weighted by molar-refractivity contribution is 14.0. The summed E-state index contributed by atoms with van der Waals surface area (Å²) in [5, 5.41) is 9.38. The molecule has 1 atom stereocenters. The topological polar surface area (TPSA) is 85.8 Å². The number of nitrogens with zero attached hydrogens (tertiary/aromatic N) is 2. The highest BCUT2D eigenvalue weighted by Gasteiger charge is 2.45. The molecule has 0 aromatic rings. The molecule has 1 heterocycles. The van der Waals surface area contributed by atoms with Crippen LogP contribution in [-0.4, -0.2) is 55.0 Å². The minimum Gasteiger partial charge on any atom is -0.356 e. The third kappa shape index (κ3) is 6.80. The van der Waals surface area contributed by atoms with Crippen LogP contribution in [0, 0.1) is 5.92 Å². The van der Waals surface area contributed by atoms with Gasteiger partial charge < -0.3 is 16.0 Å². The molecule has 2 rings (SSSR count). The van der Waals surface area contributed by atoms with E-state index in [9.17, 15) is 9.59 Å². The molecule has 1 aliphatic heterocycles. The molecule has 3 amide bonds. The summed E-state index contributed by atoms with van der Waals surface area (Å²) >= 11 is 0. The molecule has 0 aromatic heterocycles. The Hall–Kier alpha value is -1.06. The van der Waals surface area contributed by atoms with Crippen molar-refractivity contribution in [2.45, 2.75) is 70.8 Å². The predicted octanol–water partition coefficient (Wildman–Crippen LogP) is 2.85. The first-order valence-electron chi connectivity index (χ1n) is 10.1. The van der Waals surface area contributed by atoms with Crippen LogP contribution in [0.3, 0.4) is 0 Å². The van der Waals surface area contributed by atoms with Crippen LogP contribution in [0.15, 0.2) is 4.99 Å². The van der Waals surface area contributed by atoms with Crippen LogP contribution in [0.4, 0.5) is 4.79 Å². The molecule has 0 spiro atoms. The van der Waals surface area contributed by atoms with E-state index in [1.54, 1.807) is 14.0 Å². The van der Waals surface area contributed by atoms with Crippen LogP contribution in [0.1, 0.15) is 65.2 Å². The molecule has 8 heteroatoms. The smallest absolute Gasteiger partial charge is 0.325 e. The molecule has 2 aliphatic rings. The summed E-state index contributed by atoms with van der Waals surface area (Å²) < 4.78 is 0. The van der Waals surface area contributed by atoms with Crippen molar-refractivity contribution < 1.29 is 9.59 Å². The summed E-state index contributed by atoms with van der Waals surface area (Å²) in [6.45, 7) is 5.71. The van der Waals surface area contributed by atoms with Crippen LogP contribution in [-0.2, 0) is 4.79 Å². The molecule has 0 bridgehead atoms. The lowest BCUT2D eigenvalue weighted by atomic mass is 9.99. The molecule has 1 aliphatic carbocycles. The number of hydrogen-bond donors (Lipinski definition) is 3. The maximum absolute atomic E-state index is 12.3. The first-order valence-corrected chi connectivity index (χ1v) is 10.1. The van der Waals surface area contributed by atoms with Crippen LogP contribution >= 0.6 is 24.0 Å². The van der Waals surface area contributed by atoms with Gasteiger partial charge in [0.1, 0.15) is 5.54 Å². The first kappa shape index (κ1) is 24.0. The fourth-order valence-electron chi connectivity index (χ4n) is 3.75. The van der Waals surface area contributed by atoms with Crippen LogP contribution in [0.25, 0.3) is 0 Å². The van der Waals surface area contributed by atoms with E-state index < -0.39 is 5.54 Å². The number of imide groups is 1. The molecule has 1 saturated carbocycles. The highest BCUT2D eigenvalue weighted by Crippen LogP contribution is 2.28. The maximum Gasteiger partial charge on any atom is 0.325 e. The van der Waals surface area contributed by atoms with Gasteiger partial charge >= 0.3 is 6.03 Å². The van der Waals surface area contributed by atoms with Crippen molar-refractivity contribution in [1.82, 2.24) is 20.9 Å². The van der Waals surface area contributed by atoms with E-state index in [2.05, 4.69) is 20.9 Å². The predicted molar refractivity (Wildman–Crippen MR) is 120 cm³/mol. The van der Waals surface area contributed by atoms with Gasteiger partial charge in [-0.2, -0.15) is 0 Å². The minimum atomic E-state index is -0.749. The Kier molecular flexibility index (Phi) is 10.4. The Bertz CT molecular complexity index is 522. The molecular formula is C19H36IN5O2. The van der Waals surface area contributed by atoms with E-state index in [0.717, 1.165) is 18.4 Å². The van der Waals surface area contributed by atoms with E-state index in [4.69, 9.17) is 0 Å². The monoisotopic (exact) mass is 493 g/mol. The number of amides is 3. The standard InChI is InChI=1S/C19H35N5O2.HI/c1-4-19(2)16(25)24(18(26)23-19)14-8-13-22-17(20-3)21-12-7-11-15-9-5-6-10-15;/h15H,4-14H2,1-3H3,(H,23,26)(H2,20,21,22);1H. The Morgan fingerprint density at radius 1 is 1.22 bits per heavy atom. The first-order chi connectivity index (χ1) is 12.5. The van der Waals surface area contributed by atoms with Gasteiger partial charge in [0.25, 0.3) is 5.91 Å². The molecular weight excluding hydrogens is 457 g/mol. The number of rotatable bonds is 9. The second-order valence-electron chi connectivity index (χ2n) is 7.64. The Morgan fingerprint density at radius 2 is 1.85 bits per heavy atom. The van der Waals surface area contributed by atoms with Gasteiger partial charge in [0.15, 0.2) is 5.96 Å². The number of carbonyl (C=O) groups is 2. The van der Waals surface area contributed by atoms with E-state index in [1.165, 1.54) is 43.4 Å². The average molecular weight is 493 g/mol. The Morgan fingerprint density at radius 3 is 2.41 bits per heavy atom. The summed E-state index contributed by atoms with van der Waals surface area (Å²) in [6.07, 6.45) is 9.35. The number of hydrogen-bond acceptors (Lipinski definition) is 3. The zero-order chi connectivity index (χ0) is 19.0. The second-order valence-corrected chi connectivity index (χ2v) is 7.64. The Labute approximate surface area is 180 Å². The zero-order valence-corrected chi connectivity index (χ0v) is 19.3. The molecule has 2 fully saturated rings. The van der Waals surface area contributed by atoms with Gasteiger partial charge in [0.05, 0.1) is 0 Å². The zero-order valence-electron chi connectivity index (χ0n) is 17.0. The molecule has 7 nitrogen and oxygen atoms in total. The number of carbonyl (C=O) groups excluding carboxylic acids is 2. The molecule has 3 N–H and O–H groups in total. The second kappa shape index (κ2) is 11.7. The fourth-order valence-corrected chi connectivity index (χ4v) is 3.75. The van der Waals surface area contributed by atoms with Gasteiger partial charge in [-0.05, 0) is 38.5 Å². The van der Waals surface area contributed by atoms with Crippen molar-refractivity contribution in [3.05, 3.63) is 0 Å². The molecule has 0 radical (unpaired) electrons. The molecule has 27 heavy (non-hydrogen) atoms. The number of halogens is 1. The largest absolute Gasteiger partial charge is 0.356 e. The summed E-state index contributed by atoms with van der Waals surface area (Å²) in [4.78, 5) is 29.8. The molecule has 1 saturated heterocycles. The molecule has 0 aromatic carbocycles. The lowest BCUT2D eigenvalue weighted by Gasteiger charge is -2.19. The van der Waals surface area contributed by atoms with E-state index >= 15 is 0 Å². The number of urea groups is 1. The van der Waals surface area contributed by atoms with Gasteiger partial charge in [-0.1, -0.05) is 32.6 Å². The Balaban J connectivity index is 0.00000364. The average Bonchev–Trinajstić information content (AvgIpc) is 3.22. The van der Waals surface area contributed by atoms with Gasteiger partial charge in [-0.3, -0.25) is 14.7 Å². The van der Waals surface area contributed by atoms with Crippen molar-refractivity contribution in [1.29, 1.82) is 0 Å². The fraction of sp³-hybridized carbons (Fsp3) is 0.842. The third-order valence-corrected chi connectivity index (χ3v) is 5.68. The van der Waals surface area contributed by atoms with Crippen molar-refractivity contribution >= 4 is 41.9 Å². The number of nitrogens with one attached hydrogen (secondary N) is 3. The quantitative estimate of drug-likeness (QED) is 0.152. The van der Waals surface area contributed by atoms with E-state index in [1.807, 2.05) is 6.92 Å². The van der Waals surface area contributed by atoms with E-state index in [-0.39, 0.29) is 35.9 Å². The molecule has 156 valence electrons. The normalized spacial score (nSPS) is 23.4. The van der Waals surface area contributed by atoms with Crippen LogP contribution < -0.4 is 16.0 Å². The summed E-state index contributed by atoms with van der Waals surface area (Å²) in [5.41, 5.74) is -0.749. The van der Waals surface area contributed by atoms with Crippen LogP contribution in [0.5, 0.6) is 0 Å². The number of aliphatic imine (C=N–C) groups is 1. The van der Waals surface area contributed by atoms with Crippen molar-refractivity contribution in [3.8, 4) is 0 Å². The third-order valence-electron chi connectivity index (χ3n) is 5.68. The van der Waals surface area contributed by atoms with Gasteiger partial charge in [-0.15, -0.1) is 24.0 Å². The lowest BCUT2D eigenvalue weighted by Crippen LogP contribution is -2.43. The van der Waals surface area contributed by atoms with Crippen molar-refractivity contribution in [3.63, 3.8) is 0 Å². The van der Waals surface area contributed by atoms with Crippen molar-refractivity contribution in [2.24, 2.45) is 10.9 Å². The summed E-state index contributed by atoms with van der Waals surface area (Å²) in [6, 6.07) is -0.284. The highest BCUT2D eigenvalue weighted by atomic mass is 127. The minimum absolute atomic E-state index is 0. The SMILES string of the molecule is CCC1(C)NC(=O)N(CCCNC(=NC)NCCCC2CCCC2)C1=O.I. The summed E-state index contributed by atoms with van der Waals surface area (Å²) in [5.74, 6) is 1.58. The van der Waals surface area contributed by atoms with Crippen LogP contribution in [0.2, 0.25) is 0 Å². The van der Waals surface area contributed by atoms with Gasteiger partial charge in [0.2, 0.25) is 0 Å². The van der Waals surface area contributed by atoms with Gasteiger partial charge in [0, 0.05) is 26.7 Å². The summed E-state index contributed by atoms with van der Waals surface area (Å²) in [7, 11) is 1.76. The maximum atomic E-state index is 12.3. The lowest BCUT2D eigenvalue weighted by molar-refractivity contribution is -0.130. The van der Waals surface area contributed by atoms with E-state index in [0.29, 0.717) is 25.9 Å². The van der Waals surface area contributed by atoms with Gasteiger partial charge in [-0.25, -0.2) is 4.79 Å². The van der Waals surface area contributed by atoms with Crippen molar-refractivity contribution in [2.75, 3.05) is 26.7 Å².